The Morgan fingerprint density at radius 2 is 0.406 bits per heavy atom. The monoisotopic (exact) mass is 1380 g/mol. The minimum absolute atomic E-state index is 0.506. The van der Waals surface area contributed by atoms with E-state index in [2.05, 4.69) is 428 Å². The number of nitrogens with zero attached hydrogens (tertiary/aromatic N) is 5. The van der Waals surface area contributed by atoms with Crippen molar-refractivity contribution in [3.05, 3.63) is 419 Å². The van der Waals surface area contributed by atoms with Gasteiger partial charge in [0.05, 0.1) is 22.1 Å². The summed E-state index contributed by atoms with van der Waals surface area (Å²) in [5, 5.41) is 14.2. The molecule has 19 rings (SSSR count). The summed E-state index contributed by atoms with van der Waals surface area (Å²) in [7, 11) is -7.20. The highest BCUT2D eigenvalue weighted by atomic mass is 28.3. The molecule has 0 unspecified atom stereocenters. The molecule has 0 aliphatic carbocycles. The summed E-state index contributed by atoms with van der Waals surface area (Å²) in [5.74, 6) is 1.56. The maximum atomic E-state index is 6.02. The molecule has 3 heterocycles. The van der Waals surface area contributed by atoms with E-state index in [1.54, 1.807) is 0 Å². The molecule has 0 saturated carbocycles. The highest BCUT2D eigenvalue weighted by Gasteiger charge is 2.47. The van der Waals surface area contributed by atoms with Crippen LogP contribution in [0.3, 0.4) is 0 Å². The van der Waals surface area contributed by atoms with E-state index in [4.69, 9.17) is 15.0 Å². The first-order chi connectivity index (χ1) is 52.5. The Balaban J connectivity index is 0.972. The van der Waals surface area contributed by atoms with Crippen molar-refractivity contribution in [2.75, 3.05) is 0 Å². The predicted octanol–water partition coefficient (Wildman–Crippen LogP) is 18.8. The number of hydrogen-bond acceptors (Lipinski definition) is 3. The molecule has 3 aromatic heterocycles. The molecule has 0 aliphatic rings. The normalized spacial score (nSPS) is 11.8. The van der Waals surface area contributed by atoms with Crippen LogP contribution in [0.25, 0.3) is 123 Å². The van der Waals surface area contributed by atoms with E-state index in [0.717, 1.165) is 105 Å². The Kier molecular flexibility index (Phi) is 16.2. The van der Waals surface area contributed by atoms with Gasteiger partial charge in [-0.1, -0.05) is 388 Å². The fraction of sp³-hybridized carbons (Fsp3) is 0. The average Bonchev–Trinajstić information content (AvgIpc) is 1.30. The van der Waals surface area contributed by atoms with Gasteiger partial charge in [-0.15, -0.1) is 0 Å². The molecule has 0 bridgehead atoms. The van der Waals surface area contributed by atoms with Crippen LogP contribution in [0, 0.1) is 0 Å². The molecule has 498 valence electrons. The van der Waals surface area contributed by atoms with Crippen molar-refractivity contribution in [3.8, 4) is 78.9 Å². The van der Waals surface area contributed by atoms with Gasteiger partial charge in [0.1, 0.15) is 0 Å². The number of fused-ring (bicyclic) bond motifs is 6. The molecule has 19 aromatic rings. The van der Waals surface area contributed by atoms with Crippen molar-refractivity contribution < 1.29 is 0 Å². The van der Waals surface area contributed by atoms with Crippen molar-refractivity contribution in [2.45, 2.75) is 0 Å². The van der Waals surface area contributed by atoms with Crippen molar-refractivity contribution in [1.29, 1.82) is 0 Å². The van der Waals surface area contributed by atoms with Crippen LogP contribution in [0.2, 0.25) is 0 Å². The number of aromatic nitrogens is 5. The highest BCUT2D eigenvalue weighted by Crippen LogP contribution is 2.37. The van der Waals surface area contributed by atoms with Gasteiger partial charge in [0.2, 0.25) is 11.9 Å². The predicted molar refractivity (Wildman–Crippen MR) is 448 cm³/mol. The number of benzene rings is 16. The van der Waals surface area contributed by atoms with Gasteiger partial charge in [-0.25, -0.2) is 0 Å². The lowest BCUT2D eigenvalue weighted by Crippen LogP contribution is -2.78. The Hall–Kier alpha value is -13.4. The molecular formula is C99H69N5Si2. The summed E-state index contributed by atoms with van der Waals surface area (Å²) in [4.78, 5) is 17.8. The van der Waals surface area contributed by atoms with E-state index in [1.807, 2.05) is 0 Å². The fourth-order valence-electron chi connectivity index (χ4n) is 16.6. The van der Waals surface area contributed by atoms with E-state index in [-0.39, 0.29) is 0 Å². The minimum Gasteiger partial charge on any atom is -0.278 e. The van der Waals surface area contributed by atoms with Crippen molar-refractivity contribution in [2.24, 2.45) is 0 Å². The molecule has 7 heteroatoms. The number of rotatable bonds is 16. The van der Waals surface area contributed by atoms with Crippen LogP contribution >= 0.6 is 0 Å². The molecule has 0 saturated heterocycles. The zero-order valence-corrected chi connectivity index (χ0v) is 60.1. The fourth-order valence-corrected chi connectivity index (χ4v) is 26.2. The van der Waals surface area contributed by atoms with E-state index < -0.39 is 16.1 Å². The lowest BCUT2D eigenvalue weighted by atomic mass is 10.0. The van der Waals surface area contributed by atoms with Crippen molar-refractivity contribution in [3.63, 3.8) is 0 Å². The lowest BCUT2D eigenvalue weighted by Gasteiger charge is -2.38. The Labute approximate surface area is 618 Å². The summed E-state index contributed by atoms with van der Waals surface area (Å²) in [6, 6.07) is 155. The van der Waals surface area contributed by atoms with E-state index in [1.165, 1.54) is 41.5 Å². The van der Waals surface area contributed by atoms with Gasteiger partial charge in [0, 0.05) is 27.1 Å². The largest absolute Gasteiger partial charge is 0.278 e. The molecular weight excluding hydrogens is 1320 g/mol. The molecule has 0 N–H and O–H groups in total. The smallest absolute Gasteiger partial charge is 0.240 e. The maximum Gasteiger partial charge on any atom is 0.240 e. The summed E-state index contributed by atoms with van der Waals surface area (Å²) in [6.07, 6.45) is 0. The van der Waals surface area contributed by atoms with E-state index in [0.29, 0.717) is 17.7 Å². The first kappa shape index (κ1) is 63.5. The molecule has 0 aliphatic heterocycles. The highest BCUT2D eigenvalue weighted by molar-refractivity contribution is 7.22. The van der Waals surface area contributed by atoms with Gasteiger partial charge in [-0.3, -0.25) is 9.13 Å². The van der Waals surface area contributed by atoms with Crippen LogP contribution in [-0.4, -0.2) is 40.2 Å². The van der Waals surface area contributed by atoms with Crippen molar-refractivity contribution >= 4 is 101 Å². The molecule has 0 amide bonds. The summed E-state index contributed by atoms with van der Waals surface area (Å²) in [5.41, 5.74) is 16.4. The third-order valence-corrected chi connectivity index (χ3v) is 31.0. The van der Waals surface area contributed by atoms with Crippen LogP contribution in [0.1, 0.15) is 0 Å². The molecule has 0 fully saturated rings. The average molecular weight is 1380 g/mol. The number of para-hydroxylation sites is 3. The second-order valence-corrected chi connectivity index (χ2v) is 35.0. The van der Waals surface area contributed by atoms with Crippen LogP contribution in [0.5, 0.6) is 0 Å². The summed E-state index contributed by atoms with van der Waals surface area (Å²) >= 11 is 0. The molecule has 0 radical (unpaired) electrons. The summed E-state index contributed by atoms with van der Waals surface area (Å²) in [6.45, 7) is 0. The molecule has 5 nitrogen and oxygen atoms in total. The maximum absolute atomic E-state index is 6.02. The molecule has 0 spiro atoms. The van der Waals surface area contributed by atoms with Gasteiger partial charge in [0.25, 0.3) is 0 Å². The summed E-state index contributed by atoms with van der Waals surface area (Å²) < 4.78 is 4.52. The quantitative estimate of drug-likeness (QED) is 0.0715. The van der Waals surface area contributed by atoms with Gasteiger partial charge < -0.3 is 0 Å². The first-order valence-electron chi connectivity index (χ1n) is 36.3. The third kappa shape index (κ3) is 11.0. The Morgan fingerprint density at radius 1 is 0.160 bits per heavy atom. The SMILES string of the molecule is c1ccc(-c2ccc([Si](c3ccccc3)(c3ccc(-c4ccccc4)cc3)c3cc(-c4nc(-n5c6ccccc6c6ccccc65)nc(-n5c6ccccc6c6cc(-c7ccccc7)ccc65)n4)cc([Si](c4ccccc4)(c4ccc(-c5ccccc5)cc4)c4ccc(-c5ccccc5)cc4)c3)cc2)cc1. The van der Waals surface area contributed by atoms with Crippen LogP contribution in [-0.2, 0) is 0 Å². The van der Waals surface area contributed by atoms with E-state index in [9.17, 15) is 0 Å². The van der Waals surface area contributed by atoms with Crippen LogP contribution in [0.4, 0.5) is 0 Å². The zero-order chi connectivity index (χ0) is 70.4. The second kappa shape index (κ2) is 27.1. The lowest BCUT2D eigenvalue weighted by molar-refractivity contribution is 0.893. The minimum atomic E-state index is -3.60. The Morgan fingerprint density at radius 3 is 0.736 bits per heavy atom. The zero-order valence-electron chi connectivity index (χ0n) is 58.1. The molecule has 16 aromatic carbocycles. The number of hydrogen-bond donors (Lipinski definition) is 0. The van der Waals surface area contributed by atoms with E-state index >= 15 is 0 Å². The van der Waals surface area contributed by atoms with Gasteiger partial charge in [0.15, 0.2) is 22.0 Å². The third-order valence-electron chi connectivity index (χ3n) is 21.5. The van der Waals surface area contributed by atoms with Crippen molar-refractivity contribution in [1.82, 2.24) is 24.1 Å². The second-order valence-electron chi connectivity index (χ2n) is 27.4. The van der Waals surface area contributed by atoms with Gasteiger partial charge in [-0.2, -0.15) is 15.0 Å². The first-order valence-corrected chi connectivity index (χ1v) is 40.3. The van der Waals surface area contributed by atoms with Crippen LogP contribution < -0.4 is 41.5 Å². The van der Waals surface area contributed by atoms with Crippen LogP contribution in [0.15, 0.2) is 419 Å². The van der Waals surface area contributed by atoms with Gasteiger partial charge in [-0.05, 0) is 127 Å². The standard InChI is InChI=1S/C99H69N5Si2/c1-8-28-70(29-9-1)75-48-57-83(58-49-75)105(81-38-18-6-19-39-81,84-59-50-76(51-60-84)71-30-10-2-11-31-71)87-66-80(67-88(69-87)106(82-40-20-7-21-41-82,85-61-52-77(53-62-85)72-32-12-3-13-33-72)86-63-54-78(55-64-86)73-34-14-4-15-35-73)97-100-98(103-93-45-25-22-42-89(93)90-43-23-26-46-94(90)103)102-99(101-97)104-95-47-27-24-44-91(95)92-68-79(56-65-96(92)104)74-36-16-5-17-37-74/h1-69H. The molecule has 0 atom stereocenters. The Bertz CT molecular complexity index is 5920. The topological polar surface area (TPSA) is 48.5 Å². The molecule has 106 heavy (non-hydrogen) atoms. The van der Waals surface area contributed by atoms with Gasteiger partial charge >= 0.3 is 0 Å².